The Bertz CT molecular complexity index is 873. The van der Waals surface area contributed by atoms with Crippen molar-refractivity contribution in [3.8, 4) is 0 Å². The quantitative estimate of drug-likeness (QED) is 0.738. The summed E-state index contributed by atoms with van der Waals surface area (Å²) in [5.74, 6) is 1.77. The van der Waals surface area contributed by atoms with Crippen molar-refractivity contribution in [2.75, 3.05) is 6.54 Å². The summed E-state index contributed by atoms with van der Waals surface area (Å²) < 4.78 is 10.4. The average Bonchev–Trinajstić information content (AvgIpc) is 3.41. The van der Waals surface area contributed by atoms with E-state index in [1.807, 2.05) is 30.5 Å². The highest BCUT2D eigenvalue weighted by Gasteiger charge is 2.32. The molecule has 0 aliphatic carbocycles. The van der Waals surface area contributed by atoms with Crippen LogP contribution in [0.15, 0.2) is 32.6 Å². The lowest BCUT2D eigenvalue weighted by Crippen LogP contribution is -2.39. The number of carbonyl (C=O) groups excluding carboxylic acids is 1. The monoisotopic (exact) mass is 373 g/mol. The largest absolute Gasteiger partial charge is 0.361 e. The van der Waals surface area contributed by atoms with Gasteiger partial charge in [-0.2, -0.15) is 4.98 Å². The number of urea groups is 1. The molecule has 8 nitrogen and oxygen atoms in total. The molecule has 1 aliphatic rings. The van der Waals surface area contributed by atoms with Crippen LogP contribution in [0.1, 0.15) is 46.9 Å². The number of rotatable bonds is 5. The lowest BCUT2D eigenvalue weighted by molar-refractivity contribution is 0.188. The zero-order valence-electron chi connectivity index (χ0n) is 14.3. The molecular weight excluding hydrogens is 354 g/mol. The molecule has 0 saturated carbocycles. The molecular formula is C17H19N5O3S. The van der Waals surface area contributed by atoms with Crippen molar-refractivity contribution in [3.63, 3.8) is 0 Å². The molecule has 0 radical (unpaired) electrons. The molecule has 9 heteroatoms. The fraction of sp³-hybridized carbons (Fsp3) is 0.412. The first-order chi connectivity index (χ1) is 12.7. The molecule has 0 spiro atoms. The van der Waals surface area contributed by atoms with Crippen molar-refractivity contribution >= 4 is 17.4 Å². The van der Waals surface area contributed by atoms with Crippen LogP contribution >= 0.6 is 11.3 Å². The van der Waals surface area contributed by atoms with Gasteiger partial charge in [0.2, 0.25) is 5.89 Å². The van der Waals surface area contributed by atoms with Gasteiger partial charge < -0.3 is 19.3 Å². The SMILES string of the molecule is Cc1cc([C@H]2CCCN2C(=O)NCc2nc(Cc3cccs3)no2)no1. The summed E-state index contributed by atoms with van der Waals surface area (Å²) in [6, 6.07) is 5.69. The van der Waals surface area contributed by atoms with Gasteiger partial charge in [0.1, 0.15) is 11.5 Å². The standard InChI is InChI=1S/C17H19N5O3S/c1-11-8-13(20-24-11)14-5-2-6-22(14)17(23)18-10-16-19-15(21-25-16)9-12-4-3-7-26-12/h3-4,7-8,14H,2,5-6,9-10H2,1H3,(H,18,23)/t14-/m1/s1. The minimum atomic E-state index is -0.161. The lowest BCUT2D eigenvalue weighted by Gasteiger charge is -2.22. The van der Waals surface area contributed by atoms with E-state index in [0.29, 0.717) is 24.7 Å². The highest BCUT2D eigenvalue weighted by atomic mass is 32.1. The number of amides is 2. The normalized spacial score (nSPS) is 17.0. The maximum atomic E-state index is 12.5. The number of hydrogen-bond donors (Lipinski definition) is 1. The van der Waals surface area contributed by atoms with Crippen LogP contribution in [-0.4, -0.2) is 32.8 Å². The average molecular weight is 373 g/mol. The molecule has 1 aliphatic heterocycles. The number of thiophene rings is 1. The van der Waals surface area contributed by atoms with Crippen molar-refractivity contribution in [1.29, 1.82) is 0 Å². The number of aromatic nitrogens is 3. The molecule has 4 rings (SSSR count). The lowest BCUT2D eigenvalue weighted by atomic mass is 10.1. The third kappa shape index (κ3) is 3.62. The summed E-state index contributed by atoms with van der Waals surface area (Å²) in [5.41, 5.74) is 0.797. The van der Waals surface area contributed by atoms with Gasteiger partial charge in [0.15, 0.2) is 5.82 Å². The Labute approximate surface area is 154 Å². The third-order valence-electron chi connectivity index (χ3n) is 4.31. The number of likely N-dealkylation sites (tertiary alicyclic amines) is 1. The molecule has 3 aromatic rings. The first-order valence-corrected chi connectivity index (χ1v) is 9.38. The molecule has 136 valence electrons. The van der Waals surface area contributed by atoms with Gasteiger partial charge in [-0.25, -0.2) is 4.79 Å². The summed E-state index contributed by atoms with van der Waals surface area (Å²) in [6.45, 7) is 2.74. The van der Waals surface area contributed by atoms with Gasteiger partial charge in [0.05, 0.1) is 12.6 Å². The fourth-order valence-corrected chi connectivity index (χ4v) is 3.82. The Kier molecular flexibility index (Phi) is 4.70. The molecule has 1 saturated heterocycles. The number of nitrogens with zero attached hydrogens (tertiary/aromatic N) is 4. The van der Waals surface area contributed by atoms with Gasteiger partial charge in [-0.05, 0) is 31.2 Å². The smallest absolute Gasteiger partial charge is 0.318 e. The number of nitrogens with one attached hydrogen (secondary N) is 1. The van der Waals surface area contributed by atoms with Crippen LogP contribution < -0.4 is 5.32 Å². The van der Waals surface area contributed by atoms with Gasteiger partial charge >= 0.3 is 6.03 Å². The zero-order chi connectivity index (χ0) is 17.9. The Balaban J connectivity index is 1.34. The van der Waals surface area contributed by atoms with E-state index in [4.69, 9.17) is 9.05 Å². The van der Waals surface area contributed by atoms with E-state index in [9.17, 15) is 4.79 Å². The molecule has 1 fully saturated rings. The summed E-state index contributed by atoms with van der Waals surface area (Å²) in [5, 5.41) is 12.9. The molecule has 1 atom stereocenters. The summed E-state index contributed by atoms with van der Waals surface area (Å²) in [6.07, 6.45) is 2.45. The predicted octanol–water partition coefficient (Wildman–Crippen LogP) is 3.07. The molecule has 3 aromatic heterocycles. The number of aryl methyl sites for hydroxylation is 1. The number of carbonyl (C=O) groups is 1. The Hall–Kier alpha value is -2.68. The van der Waals surface area contributed by atoms with E-state index in [0.717, 1.165) is 24.3 Å². The minimum absolute atomic E-state index is 0.0514. The van der Waals surface area contributed by atoms with Crippen LogP contribution in [0.4, 0.5) is 4.79 Å². The number of hydrogen-bond acceptors (Lipinski definition) is 7. The van der Waals surface area contributed by atoms with E-state index in [-0.39, 0.29) is 18.6 Å². The van der Waals surface area contributed by atoms with Gasteiger partial charge in [0.25, 0.3) is 0 Å². The van der Waals surface area contributed by atoms with Crippen LogP contribution in [0.2, 0.25) is 0 Å². The van der Waals surface area contributed by atoms with Crippen LogP contribution in [-0.2, 0) is 13.0 Å². The first kappa shape index (κ1) is 16.8. The summed E-state index contributed by atoms with van der Waals surface area (Å²) >= 11 is 1.65. The molecule has 1 N–H and O–H groups in total. The van der Waals surface area contributed by atoms with Crippen molar-refractivity contribution in [2.24, 2.45) is 0 Å². The molecule has 26 heavy (non-hydrogen) atoms. The van der Waals surface area contributed by atoms with Crippen molar-refractivity contribution in [2.45, 2.75) is 38.8 Å². The molecule has 4 heterocycles. The molecule has 0 aromatic carbocycles. The van der Waals surface area contributed by atoms with Gasteiger partial charge in [-0.15, -0.1) is 11.3 Å². The van der Waals surface area contributed by atoms with E-state index in [1.54, 1.807) is 16.2 Å². The van der Waals surface area contributed by atoms with Gasteiger partial charge in [-0.1, -0.05) is 16.4 Å². The van der Waals surface area contributed by atoms with E-state index in [1.165, 1.54) is 4.88 Å². The second-order valence-electron chi connectivity index (χ2n) is 6.23. The molecule has 2 amide bonds. The predicted molar refractivity (Wildman–Crippen MR) is 93.6 cm³/mol. The highest BCUT2D eigenvalue weighted by Crippen LogP contribution is 2.31. The second-order valence-corrected chi connectivity index (χ2v) is 7.27. The first-order valence-electron chi connectivity index (χ1n) is 8.50. The van der Waals surface area contributed by atoms with E-state index in [2.05, 4.69) is 20.6 Å². The maximum Gasteiger partial charge on any atom is 0.318 e. The maximum absolute atomic E-state index is 12.5. The Morgan fingerprint density at radius 2 is 2.35 bits per heavy atom. The zero-order valence-corrected chi connectivity index (χ0v) is 15.2. The molecule has 0 unspecified atom stereocenters. The second kappa shape index (κ2) is 7.28. The Morgan fingerprint density at radius 1 is 1.42 bits per heavy atom. The van der Waals surface area contributed by atoms with Gasteiger partial charge in [-0.3, -0.25) is 0 Å². The summed E-state index contributed by atoms with van der Waals surface area (Å²) in [7, 11) is 0. The van der Waals surface area contributed by atoms with Crippen molar-refractivity contribution in [3.05, 3.63) is 51.6 Å². The van der Waals surface area contributed by atoms with Crippen LogP contribution in [0.3, 0.4) is 0 Å². The van der Waals surface area contributed by atoms with Crippen LogP contribution in [0.5, 0.6) is 0 Å². The van der Waals surface area contributed by atoms with Gasteiger partial charge in [0, 0.05) is 23.9 Å². The van der Waals surface area contributed by atoms with E-state index >= 15 is 0 Å². The summed E-state index contributed by atoms with van der Waals surface area (Å²) in [4.78, 5) is 19.8. The van der Waals surface area contributed by atoms with E-state index < -0.39 is 0 Å². The minimum Gasteiger partial charge on any atom is -0.361 e. The molecule has 0 bridgehead atoms. The van der Waals surface area contributed by atoms with Crippen molar-refractivity contribution in [1.82, 2.24) is 25.5 Å². The Morgan fingerprint density at radius 3 is 3.12 bits per heavy atom. The van der Waals surface area contributed by atoms with Crippen LogP contribution in [0, 0.1) is 6.92 Å². The van der Waals surface area contributed by atoms with Crippen LogP contribution in [0.25, 0.3) is 0 Å². The third-order valence-corrected chi connectivity index (χ3v) is 5.19. The van der Waals surface area contributed by atoms with Crippen molar-refractivity contribution < 1.29 is 13.8 Å². The highest BCUT2D eigenvalue weighted by molar-refractivity contribution is 7.09. The fourth-order valence-electron chi connectivity index (χ4n) is 3.12. The topological polar surface area (TPSA) is 97.3 Å².